The number of hydrogen-bond acceptors (Lipinski definition) is 5. The van der Waals surface area contributed by atoms with Crippen LogP contribution in [0.25, 0.3) is 0 Å². The third kappa shape index (κ3) is 5.36. The zero-order valence-electron chi connectivity index (χ0n) is 16.3. The molecule has 0 radical (unpaired) electrons. The molecule has 1 saturated heterocycles. The van der Waals surface area contributed by atoms with Crippen LogP contribution in [0, 0.1) is 0 Å². The molecule has 1 aromatic carbocycles. The van der Waals surface area contributed by atoms with Crippen molar-refractivity contribution in [2.45, 2.75) is 13.0 Å². The van der Waals surface area contributed by atoms with E-state index in [4.69, 9.17) is 4.42 Å². The number of carbonyl (C=O) groups excluding carboxylic acids is 1. The summed E-state index contributed by atoms with van der Waals surface area (Å²) < 4.78 is 5.17. The van der Waals surface area contributed by atoms with Crippen LogP contribution in [0.2, 0.25) is 0 Å². The van der Waals surface area contributed by atoms with Crippen LogP contribution in [0.3, 0.4) is 0 Å². The molecule has 4 rings (SSSR count). The summed E-state index contributed by atoms with van der Waals surface area (Å²) in [6.07, 6.45) is 6.32. The number of hydrogen-bond donors (Lipinski definition) is 2. The second-order valence-corrected chi connectivity index (χ2v) is 7.10. The molecule has 1 fully saturated rings. The van der Waals surface area contributed by atoms with Gasteiger partial charge in [-0.2, -0.15) is 0 Å². The molecule has 150 valence electrons. The van der Waals surface area contributed by atoms with Crippen LogP contribution < -0.4 is 15.5 Å². The molecular formula is C22H25N5O2. The number of furan rings is 1. The van der Waals surface area contributed by atoms with Gasteiger partial charge < -0.3 is 20.0 Å². The summed E-state index contributed by atoms with van der Waals surface area (Å²) in [7, 11) is 0. The Morgan fingerprint density at radius 1 is 0.966 bits per heavy atom. The van der Waals surface area contributed by atoms with Crippen LogP contribution in [0.5, 0.6) is 0 Å². The van der Waals surface area contributed by atoms with Crippen LogP contribution in [0.4, 0.5) is 22.0 Å². The number of nitrogens with one attached hydrogen (secondary N) is 2. The quantitative estimate of drug-likeness (QED) is 0.687. The van der Waals surface area contributed by atoms with Crippen molar-refractivity contribution in [1.82, 2.24) is 9.88 Å². The van der Waals surface area contributed by atoms with Gasteiger partial charge in [0.05, 0.1) is 24.4 Å². The lowest BCUT2D eigenvalue weighted by atomic mass is 10.3. The van der Waals surface area contributed by atoms with Crippen LogP contribution in [0.15, 0.2) is 71.7 Å². The van der Waals surface area contributed by atoms with Gasteiger partial charge in [0.15, 0.2) is 0 Å². The lowest BCUT2D eigenvalue weighted by Gasteiger charge is -2.22. The number of benzene rings is 1. The highest BCUT2D eigenvalue weighted by Crippen LogP contribution is 2.18. The Kier molecular flexibility index (Phi) is 6.07. The maximum absolute atomic E-state index is 12.1. The smallest absolute Gasteiger partial charge is 0.323 e. The highest BCUT2D eigenvalue weighted by Gasteiger charge is 2.16. The van der Waals surface area contributed by atoms with Crippen LogP contribution in [-0.2, 0) is 6.54 Å². The maximum Gasteiger partial charge on any atom is 0.323 e. The highest BCUT2D eigenvalue weighted by atomic mass is 16.3. The van der Waals surface area contributed by atoms with Crippen molar-refractivity contribution >= 4 is 23.2 Å². The third-order valence-corrected chi connectivity index (χ3v) is 4.94. The maximum atomic E-state index is 12.1. The number of nitrogens with zero attached hydrogens (tertiary/aromatic N) is 3. The lowest BCUT2D eigenvalue weighted by molar-refractivity contribution is 0.262. The molecule has 29 heavy (non-hydrogen) atoms. The molecule has 2 amide bonds. The fraction of sp³-hybridized carbons (Fsp3) is 0.273. The molecule has 1 aliphatic rings. The predicted octanol–water partition coefficient (Wildman–Crippen LogP) is 4.03. The van der Waals surface area contributed by atoms with Gasteiger partial charge >= 0.3 is 6.03 Å². The minimum Gasteiger partial charge on any atom is -0.472 e. The van der Waals surface area contributed by atoms with E-state index in [0.29, 0.717) is 5.69 Å². The Balaban J connectivity index is 1.30. The first kappa shape index (κ1) is 19.0. The minimum absolute atomic E-state index is 0.282. The third-order valence-electron chi connectivity index (χ3n) is 4.94. The van der Waals surface area contributed by atoms with Gasteiger partial charge in [0, 0.05) is 44.0 Å². The van der Waals surface area contributed by atoms with Crippen LogP contribution in [0.1, 0.15) is 12.0 Å². The summed E-state index contributed by atoms with van der Waals surface area (Å²) in [5, 5.41) is 5.62. The van der Waals surface area contributed by atoms with E-state index in [0.717, 1.165) is 50.6 Å². The number of para-hydroxylation sites is 1. The van der Waals surface area contributed by atoms with Gasteiger partial charge in [0.25, 0.3) is 0 Å². The predicted molar refractivity (Wildman–Crippen MR) is 114 cm³/mol. The number of amides is 2. The van der Waals surface area contributed by atoms with Crippen molar-refractivity contribution in [3.05, 3.63) is 72.8 Å². The van der Waals surface area contributed by atoms with E-state index in [-0.39, 0.29) is 6.03 Å². The van der Waals surface area contributed by atoms with Gasteiger partial charge in [0.2, 0.25) is 0 Å². The molecule has 0 unspecified atom stereocenters. The lowest BCUT2D eigenvalue weighted by Crippen LogP contribution is -2.30. The normalized spacial score (nSPS) is 15.0. The van der Waals surface area contributed by atoms with Gasteiger partial charge in [-0.25, -0.2) is 9.78 Å². The molecule has 0 bridgehead atoms. The zero-order chi connectivity index (χ0) is 19.9. The summed E-state index contributed by atoms with van der Waals surface area (Å²) in [4.78, 5) is 21.4. The van der Waals surface area contributed by atoms with E-state index < -0.39 is 0 Å². The molecule has 2 aromatic heterocycles. The van der Waals surface area contributed by atoms with E-state index in [1.54, 1.807) is 12.5 Å². The number of pyridine rings is 1. The molecule has 1 aliphatic heterocycles. The minimum atomic E-state index is -0.282. The average molecular weight is 391 g/mol. The first-order chi connectivity index (χ1) is 14.3. The number of rotatable bonds is 5. The van der Waals surface area contributed by atoms with Crippen molar-refractivity contribution in [2.75, 3.05) is 41.7 Å². The van der Waals surface area contributed by atoms with E-state index in [1.165, 1.54) is 5.56 Å². The molecule has 0 saturated carbocycles. The Morgan fingerprint density at radius 3 is 2.59 bits per heavy atom. The molecular weight excluding hydrogens is 366 g/mol. The number of aromatic nitrogens is 1. The van der Waals surface area contributed by atoms with Crippen molar-refractivity contribution in [3.8, 4) is 0 Å². The molecule has 7 nitrogen and oxygen atoms in total. The second kappa shape index (κ2) is 9.25. The van der Waals surface area contributed by atoms with Gasteiger partial charge in [0.1, 0.15) is 5.82 Å². The first-order valence-corrected chi connectivity index (χ1v) is 9.84. The number of anilines is 3. The van der Waals surface area contributed by atoms with E-state index >= 15 is 0 Å². The molecule has 3 aromatic rings. The van der Waals surface area contributed by atoms with E-state index in [1.807, 2.05) is 54.8 Å². The zero-order valence-corrected chi connectivity index (χ0v) is 16.3. The summed E-state index contributed by atoms with van der Waals surface area (Å²) in [6, 6.07) is 14.9. The monoisotopic (exact) mass is 391 g/mol. The topological polar surface area (TPSA) is 73.6 Å². The summed E-state index contributed by atoms with van der Waals surface area (Å²) >= 11 is 0. The second-order valence-electron chi connectivity index (χ2n) is 7.10. The highest BCUT2D eigenvalue weighted by molar-refractivity contribution is 5.99. The van der Waals surface area contributed by atoms with Gasteiger partial charge in [-0.15, -0.1) is 0 Å². The van der Waals surface area contributed by atoms with Gasteiger partial charge in [-0.1, -0.05) is 18.2 Å². The number of urea groups is 1. The standard InChI is InChI=1S/C22H25N5O2/c28-22(24-19-5-2-1-3-6-19)25-20-7-8-21(23-15-20)27-11-4-10-26(12-13-27)16-18-9-14-29-17-18/h1-3,5-9,14-15,17H,4,10-13,16H2,(H2,24,25,28). The van der Waals surface area contributed by atoms with Crippen LogP contribution >= 0.6 is 0 Å². The molecule has 2 N–H and O–H groups in total. The van der Waals surface area contributed by atoms with Crippen molar-refractivity contribution in [2.24, 2.45) is 0 Å². The fourth-order valence-electron chi connectivity index (χ4n) is 3.46. The number of carbonyl (C=O) groups is 1. The molecule has 0 atom stereocenters. The summed E-state index contributed by atoms with van der Waals surface area (Å²) in [5.74, 6) is 0.934. The van der Waals surface area contributed by atoms with Crippen LogP contribution in [-0.4, -0.2) is 42.1 Å². The van der Waals surface area contributed by atoms with Gasteiger partial charge in [-0.05, 0) is 36.8 Å². The summed E-state index contributed by atoms with van der Waals surface area (Å²) in [5.41, 5.74) is 2.62. The van der Waals surface area contributed by atoms with Crippen molar-refractivity contribution in [3.63, 3.8) is 0 Å². The van der Waals surface area contributed by atoms with E-state index in [2.05, 4.69) is 25.4 Å². The van der Waals surface area contributed by atoms with E-state index in [9.17, 15) is 4.79 Å². The molecule has 0 spiro atoms. The summed E-state index contributed by atoms with van der Waals surface area (Å²) in [6.45, 7) is 4.84. The van der Waals surface area contributed by atoms with Crippen molar-refractivity contribution < 1.29 is 9.21 Å². The molecule has 7 heteroatoms. The average Bonchev–Trinajstić information content (AvgIpc) is 3.14. The molecule has 3 heterocycles. The SMILES string of the molecule is O=C(Nc1ccccc1)Nc1ccc(N2CCCN(Cc3ccoc3)CC2)nc1. The molecule has 0 aliphatic carbocycles. The van der Waals surface area contributed by atoms with Crippen molar-refractivity contribution in [1.29, 1.82) is 0 Å². The van der Waals surface area contributed by atoms with Gasteiger partial charge in [-0.3, -0.25) is 4.90 Å². The Bertz CT molecular complexity index is 897. The Hall–Kier alpha value is -3.32. The largest absolute Gasteiger partial charge is 0.472 e. The Labute approximate surface area is 170 Å². The Morgan fingerprint density at radius 2 is 1.83 bits per heavy atom. The first-order valence-electron chi connectivity index (χ1n) is 9.84. The fourth-order valence-corrected chi connectivity index (χ4v) is 3.46.